The van der Waals surface area contributed by atoms with E-state index in [2.05, 4.69) is 22.1 Å². The first kappa shape index (κ1) is 22.5. The minimum absolute atomic E-state index is 0.123. The number of carboxylic acids is 2. The van der Waals surface area contributed by atoms with Crippen LogP contribution in [0, 0.1) is 0 Å². The highest BCUT2D eigenvalue weighted by Gasteiger charge is 2.41. The highest BCUT2D eigenvalue weighted by atomic mass is 32.1. The Labute approximate surface area is 195 Å². The summed E-state index contributed by atoms with van der Waals surface area (Å²) >= 11 is 5.61. The Morgan fingerprint density at radius 3 is 2.45 bits per heavy atom. The number of furan rings is 1. The Kier molecular flexibility index (Phi) is 6.41. The molecule has 8 nitrogen and oxygen atoms in total. The second-order valence-corrected chi connectivity index (χ2v) is 8.17. The summed E-state index contributed by atoms with van der Waals surface area (Å²) in [5.74, 6) is -1.42. The first-order valence-corrected chi connectivity index (χ1v) is 11.0. The van der Waals surface area contributed by atoms with Gasteiger partial charge in [0, 0.05) is 18.3 Å². The Hall–Kier alpha value is -3.72. The molecule has 0 saturated carbocycles. The van der Waals surface area contributed by atoms with Crippen LogP contribution in [0.15, 0.2) is 59.1 Å². The van der Waals surface area contributed by atoms with E-state index in [1.807, 2.05) is 24.3 Å². The molecule has 3 N–H and O–H groups in total. The molecular formula is C24H23N3O5S. The lowest BCUT2D eigenvalue weighted by Crippen LogP contribution is -2.30. The number of nitrogens with zero attached hydrogens (tertiary/aromatic N) is 2. The largest absolute Gasteiger partial charge is 0.478 e. The number of thiocarbonyl (C=S) groups is 1. The lowest BCUT2D eigenvalue weighted by atomic mass is 10.0. The molecule has 2 aromatic heterocycles. The monoisotopic (exact) mass is 465 g/mol. The van der Waals surface area contributed by atoms with Crippen molar-refractivity contribution in [2.75, 3.05) is 6.54 Å². The fourth-order valence-corrected chi connectivity index (χ4v) is 4.30. The van der Waals surface area contributed by atoms with Crippen LogP contribution in [0.4, 0.5) is 0 Å². The summed E-state index contributed by atoms with van der Waals surface area (Å²) in [6, 6.07) is 12.7. The van der Waals surface area contributed by atoms with Gasteiger partial charge >= 0.3 is 11.9 Å². The highest BCUT2D eigenvalue weighted by Crippen LogP contribution is 2.40. The van der Waals surface area contributed by atoms with Crippen LogP contribution in [0.1, 0.15) is 64.0 Å². The molecule has 1 saturated heterocycles. The van der Waals surface area contributed by atoms with Crippen molar-refractivity contribution < 1.29 is 24.2 Å². The summed E-state index contributed by atoms with van der Waals surface area (Å²) < 4.78 is 6.18. The van der Waals surface area contributed by atoms with Gasteiger partial charge in [0.2, 0.25) is 0 Å². The number of carbonyl (C=O) groups is 2. The maximum Gasteiger partial charge on any atom is 0.335 e. The van der Waals surface area contributed by atoms with E-state index in [0.717, 1.165) is 31.1 Å². The van der Waals surface area contributed by atoms with Crippen molar-refractivity contribution in [1.29, 1.82) is 0 Å². The molecule has 1 aliphatic heterocycles. The second kappa shape index (κ2) is 9.41. The van der Waals surface area contributed by atoms with Gasteiger partial charge in [-0.3, -0.25) is 4.98 Å². The fourth-order valence-electron chi connectivity index (χ4n) is 3.97. The first-order valence-electron chi connectivity index (χ1n) is 10.6. The summed E-state index contributed by atoms with van der Waals surface area (Å²) in [7, 11) is 0. The highest BCUT2D eigenvalue weighted by molar-refractivity contribution is 7.80. The van der Waals surface area contributed by atoms with Crippen LogP contribution in [-0.4, -0.2) is 43.7 Å². The number of hydrogen-bond donors (Lipinski definition) is 3. The zero-order valence-corrected chi connectivity index (χ0v) is 18.7. The number of rotatable bonds is 8. The summed E-state index contributed by atoms with van der Waals surface area (Å²) in [5.41, 5.74) is 0.953. The number of pyridine rings is 1. The molecule has 0 bridgehead atoms. The van der Waals surface area contributed by atoms with Gasteiger partial charge in [0.15, 0.2) is 5.11 Å². The van der Waals surface area contributed by atoms with Crippen molar-refractivity contribution in [1.82, 2.24) is 15.2 Å². The van der Waals surface area contributed by atoms with Crippen molar-refractivity contribution in [2.24, 2.45) is 0 Å². The van der Waals surface area contributed by atoms with Gasteiger partial charge in [0.05, 0.1) is 22.9 Å². The number of benzene rings is 1. The van der Waals surface area contributed by atoms with Crippen LogP contribution in [-0.2, 0) is 0 Å². The standard InChI is InChI=1S/C24H23N3O5S/c1-2-3-10-27-21(20(26-24(27)33)17-6-4-5-9-25-17)19-8-7-18(32-19)14-11-15(22(28)29)13-16(12-14)23(30)31/h4-9,11-13,20-21H,2-3,10H2,1H3,(H,26,33)(H,28,29)(H,30,31)/t20-,21+/m1/s1. The summed E-state index contributed by atoms with van der Waals surface area (Å²) in [5, 5.41) is 22.7. The van der Waals surface area contributed by atoms with E-state index in [1.165, 1.54) is 12.1 Å². The molecule has 1 aromatic carbocycles. The van der Waals surface area contributed by atoms with Gasteiger partial charge < -0.3 is 24.8 Å². The van der Waals surface area contributed by atoms with Gasteiger partial charge in [0.25, 0.3) is 0 Å². The van der Waals surface area contributed by atoms with Crippen LogP contribution in [0.5, 0.6) is 0 Å². The SMILES string of the molecule is CCCCN1C(=S)N[C@H](c2ccccn2)[C@@H]1c1ccc(-c2cc(C(=O)O)cc(C(=O)O)c2)o1. The average Bonchev–Trinajstić information content (AvgIpc) is 3.42. The van der Waals surface area contributed by atoms with E-state index in [9.17, 15) is 19.8 Å². The van der Waals surface area contributed by atoms with E-state index in [1.54, 1.807) is 12.3 Å². The zero-order chi connectivity index (χ0) is 23.5. The molecule has 1 fully saturated rings. The minimum atomic E-state index is -1.21. The topological polar surface area (TPSA) is 116 Å². The first-order chi connectivity index (χ1) is 15.9. The van der Waals surface area contributed by atoms with Gasteiger partial charge in [-0.15, -0.1) is 0 Å². The molecule has 4 rings (SSSR count). The maximum atomic E-state index is 11.5. The van der Waals surface area contributed by atoms with E-state index in [4.69, 9.17) is 16.6 Å². The molecule has 9 heteroatoms. The van der Waals surface area contributed by atoms with Gasteiger partial charge in [-0.25, -0.2) is 9.59 Å². The molecule has 1 aliphatic rings. The Balaban J connectivity index is 1.75. The number of aromatic nitrogens is 1. The molecule has 0 spiro atoms. The lowest BCUT2D eigenvalue weighted by Gasteiger charge is -2.25. The van der Waals surface area contributed by atoms with Gasteiger partial charge in [-0.2, -0.15) is 0 Å². The zero-order valence-electron chi connectivity index (χ0n) is 17.9. The van der Waals surface area contributed by atoms with Crippen LogP contribution in [0.25, 0.3) is 11.3 Å². The van der Waals surface area contributed by atoms with E-state index in [0.29, 0.717) is 22.2 Å². The van der Waals surface area contributed by atoms with Crippen molar-refractivity contribution in [2.45, 2.75) is 31.8 Å². The van der Waals surface area contributed by atoms with Crippen LogP contribution < -0.4 is 5.32 Å². The Bertz CT molecular complexity index is 1160. The number of hydrogen-bond acceptors (Lipinski definition) is 5. The third-order valence-corrected chi connectivity index (χ3v) is 5.93. The molecule has 0 unspecified atom stereocenters. The van der Waals surface area contributed by atoms with E-state index in [-0.39, 0.29) is 23.2 Å². The predicted octanol–water partition coefficient (Wildman–Crippen LogP) is 4.51. The Morgan fingerprint density at radius 2 is 1.85 bits per heavy atom. The van der Waals surface area contributed by atoms with Crippen molar-refractivity contribution in [3.8, 4) is 11.3 Å². The fraction of sp³-hybridized carbons (Fsp3) is 0.250. The Morgan fingerprint density at radius 1 is 1.12 bits per heavy atom. The average molecular weight is 466 g/mol. The van der Waals surface area contributed by atoms with E-state index >= 15 is 0 Å². The molecule has 0 radical (unpaired) electrons. The van der Waals surface area contributed by atoms with Crippen LogP contribution in [0.3, 0.4) is 0 Å². The third kappa shape index (κ3) is 4.58. The smallest absolute Gasteiger partial charge is 0.335 e. The number of unbranched alkanes of at least 4 members (excludes halogenated alkanes) is 1. The molecule has 0 amide bonds. The lowest BCUT2D eigenvalue weighted by molar-refractivity contribution is 0.0696. The summed E-state index contributed by atoms with van der Waals surface area (Å²) in [6.07, 6.45) is 3.68. The summed E-state index contributed by atoms with van der Waals surface area (Å²) in [6.45, 7) is 2.85. The molecule has 2 atom stereocenters. The molecule has 3 heterocycles. The third-order valence-electron chi connectivity index (χ3n) is 5.58. The van der Waals surface area contributed by atoms with Gasteiger partial charge in [-0.1, -0.05) is 19.4 Å². The quantitative estimate of drug-likeness (QED) is 0.413. The van der Waals surface area contributed by atoms with E-state index < -0.39 is 11.9 Å². The molecule has 3 aromatic rings. The number of aromatic carboxylic acids is 2. The predicted molar refractivity (Wildman–Crippen MR) is 125 cm³/mol. The van der Waals surface area contributed by atoms with Crippen molar-refractivity contribution in [3.63, 3.8) is 0 Å². The van der Waals surface area contributed by atoms with Gasteiger partial charge in [-0.05, 0) is 61.1 Å². The molecular weight excluding hydrogens is 442 g/mol. The number of nitrogens with one attached hydrogen (secondary N) is 1. The molecule has 0 aliphatic carbocycles. The van der Waals surface area contributed by atoms with Gasteiger partial charge in [0.1, 0.15) is 17.6 Å². The normalized spacial score (nSPS) is 17.7. The second-order valence-electron chi connectivity index (χ2n) is 7.78. The molecule has 170 valence electrons. The van der Waals surface area contributed by atoms with Crippen molar-refractivity contribution >= 4 is 29.3 Å². The van der Waals surface area contributed by atoms with Crippen LogP contribution in [0.2, 0.25) is 0 Å². The maximum absolute atomic E-state index is 11.5. The number of carboxylic acid groups (broad SMARTS) is 2. The minimum Gasteiger partial charge on any atom is -0.478 e. The molecule has 33 heavy (non-hydrogen) atoms. The van der Waals surface area contributed by atoms with Crippen LogP contribution >= 0.6 is 12.2 Å². The summed E-state index contributed by atoms with van der Waals surface area (Å²) in [4.78, 5) is 29.6. The van der Waals surface area contributed by atoms with Crippen molar-refractivity contribution in [3.05, 3.63) is 77.3 Å².